The van der Waals surface area contributed by atoms with Gasteiger partial charge in [0, 0.05) is 38.3 Å². The third-order valence-corrected chi connectivity index (χ3v) is 7.42. The monoisotopic (exact) mass is 382 g/mol. The van der Waals surface area contributed by atoms with Crippen LogP contribution in [0.5, 0.6) is 0 Å². The Bertz CT molecular complexity index is 633. The van der Waals surface area contributed by atoms with Crippen LogP contribution in [0.15, 0.2) is 23.1 Å². The summed E-state index contributed by atoms with van der Waals surface area (Å²) in [7, 11) is 0. The Labute approximate surface area is 157 Å². The number of nitrogens with zero attached hydrogens (tertiary/aromatic N) is 2. The number of piperidine rings is 1. The normalized spacial score (nSPS) is 28.5. The third kappa shape index (κ3) is 3.79. The first-order valence-electron chi connectivity index (χ1n) is 9.45. The van der Waals surface area contributed by atoms with Crippen LogP contribution in [-0.2, 0) is 20.8 Å². The van der Waals surface area contributed by atoms with Gasteiger partial charge < -0.3 is 14.0 Å². The van der Waals surface area contributed by atoms with Crippen molar-refractivity contribution in [2.75, 3.05) is 46.0 Å². The molecule has 3 saturated heterocycles. The molecule has 3 heterocycles. The molecule has 3 aliphatic rings. The number of hydrogen-bond acceptors (Lipinski definition) is 5. The van der Waals surface area contributed by atoms with Crippen molar-refractivity contribution >= 4 is 11.4 Å². The van der Waals surface area contributed by atoms with E-state index in [1.165, 1.54) is 6.07 Å². The van der Waals surface area contributed by atoms with Gasteiger partial charge in [-0.2, -0.15) is 0 Å². The van der Waals surface area contributed by atoms with E-state index in [0.29, 0.717) is 24.0 Å². The van der Waals surface area contributed by atoms with Gasteiger partial charge in [0.2, 0.25) is 4.90 Å². The molecule has 0 radical (unpaired) electrons. The molecule has 2 unspecified atom stereocenters. The van der Waals surface area contributed by atoms with Gasteiger partial charge in [0.25, 0.3) is 0 Å². The van der Waals surface area contributed by atoms with Crippen LogP contribution < -0.4 is 0 Å². The molecule has 0 aromatic heterocycles. The maximum Gasteiger partial charge on any atom is 0.209 e. The summed E-state index contributed by atoms with van der Waals surface area (Å²) in [4.78, 5) is 2.77. The molecule has 1 spiro atoms. The molecule has 0 amide bonds. The van der Waals surface area contributed by atoms with E-state index in [1.54, 1.807) is 12.1 Å². The zero-order chi connectivity index (χ0) is 18.1. The molecule has 0 bridgehead atoms. The lowest BCUT2D eigenvalue weighted by atomic mass is 9.88. The smallest absolute Gasteiger partial charge is 0.209 e. The van der Waals surface area contributed by atoms with Crippen LogP contribution in [0.4, 0.5) is 4.39 Å². The minimum Gasteiger partial charge on any atom is -0.593 e. The Morgan fingerprint density at radius 2 is 1.92 bits per heavy atom. The molecule has 144 valence electrons. The van der Waals surface area contributed by atoms with Crippen molar-refractivity contribution in [1.29, 1.82) is 0 Å². The minimum absolute atomic E-state index is 0.102. The van der Waals surface area contributed by atoms with Crippen LogP contribution in [0.2, 0.25) is 0 Å². The number of rotatable bonds is 3. The van der Waals surface area contributed by atoms with Gasteiger partial charge >= 0.3 is 0 Å². The Hall–Kier alpha value is -0.700. The Morgan fingerprint density at radius 3 is 2.65 bits per heavy atom. The highest BCUT2D eigenvalue weighted by Crippen LogP contribution is 2.39. The standard InChI is InChI=1S/C19H27FN2O3S/c1-15-2-3-17(20)18(12-15)26(23)22-6-4-19(5-7-22)13-16(14-25-19)21-8-10-24-11-9-21/h2-3,12,16H,4-11,13-14H2,1H3. The average Bonchev–Trinajstić information content (AvgIpc) is 3.08. The predicted molar refractivity (Wildman–Crippen MR) is 97.8 cm³/mol. The van der Waals surface area contributed by atoms with Crippen molar-refractivity contribution in [2.24, 2.45) is 0 Å². The zero-order valence-corrected chi connectivity index (χ0v) is 16.1. The van der Waals surface area contributed by atoms with Gasteiger partial charge in [-0.15, -0.1) is 4.31 Å². The van der Waals surface area contributed by atoms with E-state index in [0.717, 1.165) is 57.7 Å². The number of hydrogen-bond donors (Lipinski definition) is 0. The van der Waals surface area contributed by atoms with Crippen molar-refractivity contribution in [3.8, 4) is 0 Å². The van der Waals surface area contributed by atoms with Crippen LogP contribution in [0.3, 0.4) is 0 Å². The summed E-state index contributed by atoms with van der Waals surface area (Å²) in [6.45, 7) is 7.58. The van der Waals surface area contributed by atoms with Gasteiger partial charge in [0.15, 0.2) is 5.82 Å². The quantitative estimate of drug-likeness (QED) is 0.750. The van der Waals surface area contributed by atoms with E-state index in [4.69, 9.17) is 9.47 Å². The van der Waals surface area contributed by atoms with E-state index in [1.807, 2.05) is 11.2 Å². The molecule has 7 heteroatoms. The summed E-state index contributed by atoms with van der Waals surface area (Å²) in [6.07, 6.45) is 2.74. The molecule has 0 aliphatic carbocycles. The van der Waals surface area contributed by atoms with Crippen molar-refractivity contribution in [2.45, 2.75) is 42.7 Å². The summed E-state index contributed by atoms with van der Waals surface area (Å²) >= 11 is -1.45. The van der Waals surface area contributed by atoms with E-state index in [-0.39, 0.29) is 5.60 Å². The minimum atomic E-state index is -1.45. The molecule has 3 fully saturated rings. The SMILES string of the molecule is Cc1ccc(F)c([S+]([O-])N2CCC3(CC2)CC(N2CCOCC2)CO3)c1. The largest absolute Gasteiger partial charge is 0.593 e. The van der Waals surface area contributed by atoms with Gasteiger partial charge in [-0.1, -0.05) is 6.07 Å². The summed E-state index contributed by atoms with van der Waals surface area (Å²) in [5, 5.41) is 0. The summed E-state index contributed by atoms with van der Waals surface area (Å²) < 4.78 is 40.5. The van der Waals surface area contributed by atoms with Gasteiger partial charge in [-0.3, -0.25) is 4.90 Å². The highest BCUT2D eigenvalue weighted by atomic mass is 32.2. The highest BCUT2D eigenvalue weighted by molar-refractivity contribution is 7.89. The molecule has 2 atom stereocenters. The Kier molecular flexibility index (Phi) is 5.55. The first-order chi connectivity index (χ1) is 12.6. The lowest BCUT2D eigenvalue weighted by Crippen LogP contribution is -2.48. The molecule has 1 aromatic rings. The van der Waals surface area contributed by atoms with E-state index >= 15 is 0 Å². The summed E-state index contributed by atoms with van der Waals surface area (Å²) in [6, 6.07) is 5.27. The van der Waals surface area contributed by atoms with Crippen molar-refractivity contribution in [1.82, 2.24) is 9.21 Å². The van der Waals surface area contributed by atoms with Crippen molar-refractivity contribution in [3.63, 3.8) is 0 Å². The highest BCUT2D eigenvalue weighted by Gasteiger charge is 2.46. The first kappa shape index (κ1) is 18.7. The van der Waals surface area contributed by atoms with Crippen LogP contribution in [0.1, 0.15) is 24.8 Å². The molecular formula is C19H27FN2O3S. The molecule has 1 aromatic carbocycles. The molecule has 0 saturated carbocycles. The van der Waals surface area contributed by atoms with Crippen LogP contribution in [0.25, 0.3) is 0 Å². The predicted octanol–water partition coefficient (Wildman–Crippen LogP) is 2.11. The second-order valence-electron chi connectivity index (χ2n) is 7.61. The topological polar surface area (TPSA) is 48.0 Å². The molecule has 26 heavy (non-hydrogen) atoms. The van der Waals surface area contributed by atoms with Crippen molar-refractivity contribution in [3.05, 3.63) is 29.6 Å². The number of aryl methyl sites for hydroxylation is 1. The number of ether oxygens (including phenoxy) is 2. The summed E-state index contributed by atoms with van der Waals surface area (Å²) in [5.74, 6) is -0.390. The van der Waals surface area contributed by atoms with E-state index < -0.39 is 17.2 Å². The van der Waals surface area contributed by atoms with Gasteiger partial charge in [-0.25, -0.2) is 4.39 Å². The third-order valence-electron chi connectivity index (χ3n) is 5.89. The van der Waals surface area contributed by atoms with Crippen LogP contribution >= 0.6 is 0 Å². The number of halogens is 1. The summed E-state index contributed by atoms with van der Waals surface area (Å²) in [5.41, 5.74) is 0.824. The Morgan fingerprint density at radius 1 is 1.19 bits per heavy atom. The number of morpholine rings is 1. The molecule has 4 rings (SSSR count). The lowest BCUT2D eigenvalue weighted by molar-refractivity contribution is -0.0329. The molecule has 3 aliphatic heterocycles. The fraction of sp³-hybridized carbons (Fsp3) is 0.684. The lowest BCUT2D eigenvalue weighted by Gasteiger charge is -2.38. The van der Waals surface area contributed by atoms with Gasteiger partial charge in [0.1, 0.15) is 0 Å². The van der Waals surface area contributed by atoms with Crippen LogP contribution in [-0.4, -0.2) is 71.4 Å². The van der Waals surface area contributed by atoms with Crippen molar-refractivity contribution < 1.29 is 18.4 Å². The maximum atomic E-state index is 14.1. The second-order valence-corrected chi connectivity index (χ2v) is 9.07. The average molecular weight is 383 g/mol. The first-order valence-corrected chi connectivity index (χ1v) is 10.6. The molecule has 0 N–H and O–H groups in total. The Balaban J connectivity index is 1.36. The van der Waals surface area contributed by atoms with Gasteiger partial charge in [0.05, 0.1) is 36.8 Å². The van der Waals surface area contributed by atoms with Gasteiger partial charge in [-0.05, 0) is 37.8 Å². The maximum absolute atomic E-state index is 14.1. The zero-order valence-electron chi connectivity index (χ0n) is 15.3. The van der Waals surface area contributed by atoms with E-state index in [9.17, 15) is 8.94 Å². The van der Waals surface area contributed by atoms with E-state index in [2.05, 4.69) is 4.90 Å². The van der Waals surface area contributed by atoms with Crippen LogP contribution in [0, 0.1) is 12.7 Å². The molecular weight excluding hydrogens is 355 g/mol. The molecule has 5 nitrogen and oxygen atoms in total. The fourth-order valence-electron chi connectivity index (χ4n) is 4.29. The fourth-order valence-corrected chi connectivity index (χ4v) is 5.60. The number of benzene rings is 1. The second kappa shape index (κ2) is 7.73.